The van der Waals surface area contributed by atoms with Crippen LogP contribution < -0.4 is 10.1 Å². The van der Waals surface area contributed by atoms with E-state index in [4.69, 9.17) is 27.9 Å². The molecule has 33 heavy (non-hydrogen) atoms. The van der Waals surface area contributed by atoms with E-state index >= 15 is 0 Å². The molecule has 3 aromatic carbocycles. The molecule has 1 saturated heterocycles. The van der Waals surface area contributed by atoms with Gasteiger partial charge in [-0.2, -0.15) is 0 Å². The molecule has 166 valence electrons. The summed E-state index contributed by atoms with van der Waals surface area (Å²) < 4.78 is 5.94. The second-order valence-corrected chi connectivity index (χ2v) is 8.76. The van der Waals surface area contributed by atoms with Gasteiger partial charge in [-0.15, -0.1) is 0 Å². The number of aliphatic imine (C=N–C) groups is 1. The van der Waals surface area contributed by atoms with E-state index in [0.29, 0.717) is 43.7 Å². The second kappa shape index (κ2) is 10.1. The van der Waals surface area contributed by atoms with E-state index in [-0.39, 0.29) is 11.6 Å². The number of carbonyl (C=O) groups is 1. The van der Waals surface area contributed by atoms with Gasteiger partial charge in [-0.3, -0.25) is 14.9 Å². The van der Waals surface area contributed by atoms with Crippen molar-refractivity contribution in [2.75, 3.05) is 0 Å². The number of amides is 1. The highest BCUT2D eigenvalue weighted by atomic mass is 35.5. The number of hydrogen-bond donors (Lipinski definition) is 1. The third kappa shape index (κ3) is 5.92. The van der Waals surface area contributed by atoms with Gasteiger partial charge in [0.15, 0.2) is 5.17 Å². The number of amidine groups is 1. The normalized spacial score (nSPS) is 15.6. The van der Waals surface area contributed by atoms with Crippen LogP contribution in [-0.2, 0) is 11.4 Å². The fourth-order valence-electron chi connectivity index (χ4n) is 2.94. The predicted octanol–water partition coefficient (Wildman–Crippen LogP) is 6.37. The van der Waals surface area contributed by atoms with Gasteiger partial charge in [-0.1, -0.05) is 35.3 Å². The van der Waals surface area contributed by atoms with Crippen LogP contribution in [0.1, 0.15) is 11.1 Å². The molecular weight excluding hydrogens is 485 g/mol. The van der Waals surface area contributed by atoms with Crippen LogP contribution in [0.2, 0.25) is 10.0 Å². The van der Waals surface area contributed by atoms with E-state index < -0.39 is 4.92 Å². The molecule has 4 rings (SSSR count). The van der Waals surface area contributed by atoms with Gasteiger partial charge < -0.3 is 10.1 Å². The quantitative estimate of drug-likeness (QED) is 0.241. The maximum atomic E-state index is 12.5. The monoisotopic (exact) mass is 499 g/mol. The van der Waals surface area contributed by atoms with Crippen molar-refractivity contribution in [3.63, 3.8) is 0 Å². The Bertz CT molecular complexity index is 1290. The maximum absolute atomic E-state index is 12.5. The number of hydrogen-bond acceptors (Lipinski definition) is 6. The van der Waals surface area contributed by atoms with Gasteiger partial charge in [-0.25, -0.2) is 4.99 Å². The van der Waals surface area contributed by atoms with Crippen LogP contribution in [0, 0.1) is 10.1 Å². The first kappa shape index (κ1) is 22.8. The minimum Gasteiger partial charge on any atom is -0.488 e. The number of carbonyl (C=O) groups excluding carboxylic acids is 1. The first-order valence-corrected chi connectivity index (χ1v) is 11.2. The summed E-state index contributed by atoms with van der Waals surface area (Å²) in [4.78, 5) is 27.5. The van der Waals surface area contributed by atoms with E-state index in [0.717, 1.165) is 17.3 Å². The number of thioether (sulfide) groups is 1. The van der Waals surface area contributed by atoms with Crippen molar-refractivity contribution in [2.24, 2.45) is 4.99 Å². The van der Waals surface area contributed by atoms with Gasteiger partial charge >= 0.3 is 0 Å². The zero-order valence-corrected chi connectivity index (χ0v) is 19.2. The Kier molecular flexibility index (Phi) is 6.98. The standard InChI is InChI=1S/C23H15Cl2N3O4S/c24-16-3-1-2-14(10-16)13-32-20-9-4-17(25)11-15(20)12-21-22(29)27-23(33-21)26-18-5-7-19(8-6-18)28(30)31/h1-12H,13H2,(H,26,27,29)/b21-12-. The summed E-state index contributed by atoms with van der Waals surface area (Å²) in [6, 6.07) is 18.2. The average molecular weight is 500 g/mol. The molecule has 1 aliphatic rings. The van der Waals surface area contributed by atoms with Gasteiger partial charge in [0.05, 0.1) is 15.5 Å². The number of non-ortho nitro benzene ring substituents is 1. The Morgan fingerprint density at radius 1 is 1.06 bits per heavy atom. The van der Waals surface area contributed by atoms with Crippen LogP contribution in [0.5, 0.6) is 5.75 Å². The van der Waals surface area contributed by atoms with Crippen molar-refractivity contribution in [1.82, 2.24) is 5.32 Å². The molecule has 1 fully saturated rings. The molecule has 0 atom stereocenters. The van der Waals surface area contributed by atoms with Crippen molar-refractivity contribution in [1.29, 1.82) is 0 Å². The van der Waals surface area contributed by atoms with Crippen LogP contribution in [0.25, 0.3) is 6.08 Å². The number of benzene rings is 3. The molecule has 0 saturated carbocycles. The molecule has 1 N–H and O–H groups in total. The Labute approximate surface area is 203 Å². The Hall–Kier alpha value is -3.33. The average Bonchev–Trinajstić information content (AvgIpc) is 3.12. The van der Waals surface area contributed by atoms with Crippen LogP contribution in [0.4, 0.5) is 11.4 Å². The highest BCUT2D eigenvalue weighted by Gasteiger charge is 2.24. The van der Waals surface area contributed by atoms with E-state index in [1.54, 1.807) is 30.3 Å². The minimum atomic E-state index is -0.485. The first-order valence-electron chi connectivity index (χ1n) is 9.58. The third-order valence-corrected chi connectivity index (χ3v) is 5.86. The number of nitrogens with one attached hydrogen (secondary N) is 1. The Morgan fingerprint density at radius 2 is 1.82 bits per heavy atom. The van der Waals surface area contributed by atoms with Gasteiger partial charge in [0.2, 0.25) is 0 Å². The molecule has 0 radical (unpaired) electrons. The molecule has 0 aromatic heterocycles. The lowest BCUT2D eigenvalue weighted by Gasteiger charge is -2.10. The molecule has 10 heteroatoms. The van der Waals surface area contributed by atoms with Crippen LogP contribution in [-0.4, -0.2) is 16.0 Å². The smallest absolute Gasteiger partial charge is 0.269 e. The maximum Gasteiger partial charge on any atom is 0.269 e. The molecular formula is C23H15Cl2N3O4S. The molecule has 7 nitrogen and oxygen atoms in total. The lowest BCUT2D eigenvalue weighted by molar-refractivity contribution is -0.384. The molecule has 0 spiro atoms. The van der Waals surface area contributed by atoms with Crippen molar-refractivity contribution >= 4 is 63.5 Å². The van der Waals surface area contributed by atoms with Gasteiger partial charge in [0.1, 0.15) is 12.4 Å². The summed E-state index contributed by atoms with van der Waals surface area (Å²) in [6.45, 7) is 0.296. The minimum absolute atomic E-state index is 0.0334. The van der Waals surface area contributed by atoms with E-state index in [1.165, 1.54) is 24.3 Å². The topological polar surface area (TPSA) is 93.8 Å². The Balaban J connectivity index is 1.53. The van der Waals surface area contributed by atoms with Crippen molar-refractivity contribution < 1.29 is 14.5 Å². The van der Waals surface area contributed by atoms with Gasteiger partial charge in [0.25, 0.3) is 11.6 Å². The van der Waals surface area contributed by atoms with Gasteiger partial charge in [-0.05, 0) is 65.9 Å². The SMILES string of the molecule is O=C1NC(=Nc2ccc([N+](=O)[O-])cc2)S/C1=C\c1cc(Cl)ccc1OCc1cccc(Cl)c1. The van der Waals surface area contributed by atoms with Crippen molar-refractivity contribution in [3.05, 3.63) is 103 Å². The molecule has 1 aliphatic heterocycles. The Morgan fingerprint density at radius 3 is 2.55 bits per heavy atom. The van der Waals surface area contributed by atoms with Crippen LogP contribution in [0.3, 0.4) is 0 Å². The number of rotatable bonds is 6. The molecule has 0 unspecified atom stereocenters. The molecule has 0 bridgehead atoms. The fourth-order valence-corrected chi connectivity index (χ4v) is 4.17. The molecule has 0 aliphatic carbocycles. The van der Waals surface area contributed by atoms with E-state index in [1.807, 2.05) is 18.2 Å². The third-order valence-electron chi connectivity index (χ3n) is 4.48. The lowest BCUT2D eigenvalue weighted by atomic mass is 10.1. The summed E-state index contributed by atoms with van der Waals surface area (Å²) in [7, 11) is 0. The summed E-state index contributed by atoms with van der Waals surface area (Å²) in [6.07, 6.45) is 1.68. The largest absolute Gasteiger partial charge is 0.488 e. The van der Waals surface area contributed by atoms with Crippen LogP contribution in [0.15, 0.2) is 76.6 Å². The molecule has 1 heterocycles. The zero-order chi connectivity index (χ0) is 23.4. The predicted molar refractivity (Wildman–Crippen MR) is 131 cm³/mol. The highest BCUT2D eigenvalue weighted by Crippen LogP contribution is 2.32. The van der Waals surface area contributed by atoms with Crippen molar-refractivity contribution in [3.8, 4) is 5.75 Å². The van der Waals surface area contributed by atoms with E-state index in [2.05, 4.69) is 10.3 Å². The number of nitrogens with zero attached hydrogens (tertiary/aromatic N) is 2. The number of nitro benzene ring substituents is 1. The highest BCUT2D eigenvalue weighted by molar-refractivity contribution is 8.18. The fraction of sp³-hybridized carbons (Fsp3) is 0.0435. The van der Waals surface area contributed by atoms with Crippen molar-refractivity contribution in [2.45, 2.75) is 6.61 Å². The number of halogens is 2. The summed E-state index contributed by atoms with van der Waals surface area (Å²) in [5, 5.41) is 15.0. The van der Waals surface area contributed by atoms with Crippen LogP contribution >= 0.6 is 35.0 Å². The first-order chi connectivity index (χ1) is 15.9. The summed E-state index contributed by atoms with van der Waals surface area (Å²) in [5.74, 6) is 0.238. The number of nitro groups is 1. The van der Waals surface area contributed by atoms with E-state index in [9.17, 15) is 14.9 Å². The second-order valence-electron chi connectivity index (χ2n) is 6.86. The molecule has 3 aromatic rings. The summed E-state index contributed by atoms with van der Waals surface area (Å²) >= 11 is 13.3. The summed E-state index contributed by atoms with van der Waals surface area (Å²) in [5.41, 5.74) is 1.99. The lowest BCUT2D eigenvalue weighted by Crippen LogP contribution is -2.19. The van der Waals surface area contributed by atoms with Gasteiger partial charge in [0, 0.05) is 27.7 Å². The zero-order valence-electron chi connectivity index (χ0n) is 16.8. The number of ether oxygens (including phenoxy) is 1. The molecule has 1 amide bonds.